The van der Waals surface area contributed by atoms with Gasteiger partial charge in [-0.15, -0.1) is 0 Å². The Morgan fingerprint density at radius 1 is 1.12 bits per heavy atom. The Morgan fingerprint density at radius 2 is 1.71 bits per heavy atom. The highest BCUT2D eigenvalue weighted by molar-refractivity contribution is 5.35. The summed E-state index contributed by atoms with van der Waals surface area (Å²) in [6.07, 6.45) is 1.28. The predicted molar refractivity (Wildman–Crippen MR) is 67.9 cm³/mol. The van der Waals surface area contributed by atoms with Gasteiger partial charge in [0.2, 0.25) is 0 Å². The van der Waals surface area contributed by atoms with E-state index in [1.165, 1.54) is 11.1 Å². The summed E-state index contributed by atoms with van der Waals surface area (Å²) in [5.41, 5.74) is 5.01. The van der Waals surface area contributed by atoms with E-state index in [0.29, 0.717) is 0 Å². The molecule has 0 spiro atoms. The van der Waals surface area contributed by atoms with Crippen molar-refractivity contribution in [1.82, 2.24) is 9.78 Å². The molecule has 0 saturated carbocycles. The first kappa shape index (κ1) is 11.9. The van der Waals surface area contributed by atoms with Gasteiger partial charge in [0.25, 0.3) is 0 Å². The molecule has 1 atom stereocenters. The van der Waals surface area contributed by atoms with Crippen LogP contribution in [0.25, 0.3) is 0 Å². The molecule has 2 rings (SSSR count). The molecule has 0 saturated heterocycles. The monoisotopic (exact) mass is 230 g/mol. The second-order valence-corrected chi connectivity index (χ2v) is 4.67. The van der Waals surface area contributed by atoms with Gasteiger partial charge in [0, 0.05) is 18.8 Å². The van der Waals surface area contributed by atoms with Gasteiger partial charge in [0.05, 0.1) is 5.69 Å². The van der Waals surface area contributed by atoms with Crippen molar-refractivity contribution >= 4 is 0 Å². The van der Waals surface area contributed by atoms with Gasteiger partial charge in [-0.1, -0.05) is 29.3 Å². The molecule has 0 aliphatic carbocycles. The van der Waals surface area contributed by atoms with E-state index in [0.717, 1.165) is 16.8 Å². The average molecular weight is 230 g/mol. The summed E-state index contributed by atoms with van der Waals surface area (Å²) in [6.45, 7) is 6.00. The van der Waals surface area contributed by atoms with Crippen molar-refractivity contribution in [3.05, 3.63) is 52.3 Å². The van der Waals surface area contributed by atoms with Crippen LogP contribution in [0.5, 0.6) is 0 Å². The first-order valence-electron chi connectivity index (χ1n) is 5.74. The number of nitrogens with zero attached hydrogens (tertiary/aromatic N) is 2. The lowest BCUT2D eigenvalue weighted by atomic mass is 9.98. The Bertz CT molecular complexity index is 523. The van der Waals surface area contributed by atoms with Gasteiger partial charge in [-0.25, -0.2) is 0 Å². The molecule has 0 radical (unpaired) electrons. The van der Waals surface area contributed by atoms with E-state index in [1.807, 2.05) is 46.1 Å². The van der Waals surface area contributed by atoms with Crippen LogP contribution in [-0.4, -0.2) is 14.9 Å². The number of aryl methyl sites for hydroxylation is 4. The van der Waals surface area contributed by atoms with E-state index in [1.54, 1.807) is 4.68 Å². The molecule has 3 nitrogen and oxygen atoms in total. The zero-order valence-electron chi connectivity index (χ0n) is 10.7. The van der Waals surface area contributed by atoms with Gasteiger partial charge < -0.3 is 5.11 Å². The van der Waals surface area contributed by atoms with Crippen LogP contribution in [0.4, 0.5) is 0 Å². The Kier molecular flexibility index (Phi) is 3.03. The van der Waals surface area contributed by atoms with Crippen molar-refractivity contribution in [2.45, 2.75) is 26.9 Å². The number of hydrogen-bond donors (Lipinski definition) is 1. The standard InChI is InChI=1S/C14H18N2O/c1-9-5-10(2)7-12(6-9)14(17)13-8-16(4)15-11(13)3/h5-8,14,17H,1-4H3. The Labute approximate surface area is 102 Å². The van der Waals surface area contributed by atoms with E-state index >= 15 is 0 Å². The first-order chi connectivity index (χ1) is 7.97. The molecule has 1 aromatic heterocycles. The van der Waals surface area contributed by atoms with E-state index in [2.05, 4.69) is 11.2 Å². The minimum atomic E-state index is -0.595. The lowest BCUT2D eigenvalue weighted by molar-refractivity contribution is 0.219. The normalized spacial score (nSPS) is 12.8. The summed E-state index contributed by atoms with van der Waals surface area (Å²) in [6, 6.07) is 6.14. The summed E-state index contributed by atoms with van der Waals surface area (Å²) >= 11 is 0. The maximum atomic E-state index is 10.4. The van der Waals surface area contributed by atoms with Crippen LogP contribution in [0, 0.1) is 20.8 Å². The van der Waals surface area contributed by atoms with Gasteiger partial charge in [-0.2, -0.15) is 5.10 Å². The summed E-state index contributed by atoms with van der Waals surface area (Å²) in [5, 5.41) is 14.6. The number of benzene rings is 1. The molecule has 17 heavy (non-hydrogen) atoms. The third-order valence-electron chi connectivity index (χ3n) is 2.91. The van der Waals surface area contributed by atoms with E-state index < -0.39 is 6.10 Å². The number of aromatic nitrogens is 2. The largest absolute Gasteiger partial charge is 0.384 e. The molecule has 0 aliphatic rings. The van der Waals surface area contributed by atoms with Gasteiger partial charge in [0.15, 0.2) is 0 Å². The summed E-state index contributed by atoms with van der Waals surface area (Å²) in [7, 11) is 1.87. The molecule has 1 N–H and O–H groups in total. The molecular weight excluding hydrogens is 212 g/mol. The number of aliphatic hydroxyl groups excluding tert-OH is 1. The highest BCUT2D eigenvalue weighted by Gasteiger charge is 2.16. The molecule has 1 unspecified atom stereocenters. The van der Waals surface area contributed by atoms with Gasteiger partial charge >= 0.3 is 0 Å². The Balaban J connectivity index is 2.43. The SMILES string of the molecule is Cc1cc(C)cc(C(O)c2cn(C)nc2C)c1. The second-order valence-electron chi connectivity index (χ2n) is 4.67. The predicted octanol–water partition coefficient (Wildman–Crippen LogP) is 2.43. The first-order valence-corrected chi connectivity index (χ1v) is 5.74. The molecular formula is C14H18N2O. The molecule has 0 bridgehead atoms. The molecule has 1 aromatic carbocycles. The molecule has 2 aromatic rings. The highest BCUT2D eigenvalue weighted by atomic mass is 16.3. The van der Waals surface area contributed by atoms with Crippen LogP contribution in [0.2, 0.25) is 0 Å². The topological polar surface area (TPSA) is 38.0 Å². The fourth-order valence-electron chi connectivity index (χ4n) is 2.23. The van der Waals surface area contributed by atoms with Crippen molar-refractivity contribution in [3.8, 4) is 0 Å². The Morgan fingerprint density at radius 3 is 2.18 bits per heavy atom. The van der Waals surface area contributed by atoms with Crippen LogP contribution in [0.15, 0.2) is 24.4 Å². The van der Waals surface area contributed by atoms with Crippen LogP contribution in [0.1, 0.15) is 34.1 Å². The van der Waals surface area contributed by atoms with Gasteiger partial charge in [-0.05, 0) is 26.3 Å². The van der Waals surface area contributed by atoms with Crippen molar-refractivity contribution < 1.29 is 5.11 Å². The quantitative estimate of drug-likeness (QED) is 0.860. The summed E-state index contributed by atoms with van der Waals surface area (Å²) in [4.78, 5) is 0. The maximum absolute atomic E-state index is 10.4. The second kappa shape index (κ2) is 4.34. The lowest BCUT2D eigenvalue weighted by Gasteiger charge is -2.12. The van der Waals surface area contributed by atoms with Gasteiger partial charge in [-0.3, -0.25) is 4.68 Å². The third-order valence-corrected chi connectivity index (χ3v) is 2.91. The minimum Gasteiger partial charge on any atom is -0.384 e. The number of aliphatic hydroxyl groups is 1. The number of hydrogen-bond acceptors (Lipinski definition) is 2. The maximum Gasteiger partial charge on any atom is 0.107 e. The fraction of sp³-hybridized carbons (Fsp3) is 0.357. The van der Waals surface area contributed by atoms with E-state index in [9.17, 15) is 5.11 Å². The zero-order valence-corrected chi connectivity index (χ0v) is 10.7. The average Bonchev–Trinajstić information content (AvgIpc) is 2.55. The van der Waals surface area contributed by atoms with E-state index in [4.69, 9.17) is 0 Å². The Hall–Kier alpha value is -1.61. The molecule has 3 heteroatoms. The van der Waals surface area contributed by atoms with Crippen LogP contribution in [-0.2, 0) is 7.05 Å². The molecule has 90 valence electrons. The van der Waals surface area contributed by atoms with Crippen LogP contribution < -0.4 is 0 Å². The number of rotatable bonds is 2. The summed E-state index contributed by atoms with van der Waals surface area (Å²) in [5.74, 6) is 0. The highest BCUT2D eigenvalue weighted by Crippen LogP contribution is 2.25. The molecule has 0 fully saturated rings. The zero-order chi connectivity index (χ0) is 12.6. The van der Waals surface area contributed by atoms with Crippen molar-refractivity contribution in [1.29, 1.82) is 0 Å². The third kappa shape index (κ3) is 2.39. The lowest BCUT2D eigenvalue weighted by Crippen LogP contribution is -2.01. The fourth-order valence-corrected chi connectivity index (χ4v) is 2.23. The van der Waals surface area contributed by atoms with Crippen molar-refractivity contribution in [3.63, 3.8) is 0 Å². The van der Waals surface area contributed by atoms with Gasteiger partial charge in [0.1, 0.15) is 6.10 Å². The van der Waals surface area contributed by atoms with Crippen molar-refractivity contribution in [2.75, 3.05) is 0 Å². The molecule has 1 heterocycles. The van der Waals surface area contributed by atoms with Crippen LogP contribution >= 0.6 is 0 Å². The van der Waals surface area contributed by atoms with Crippen LogP contribution in [0.3, 0.4) is 0 Å². The minimum absolute atomic E-state index is 0.595. The van der Waals surface area contributed by atoms with Crippen molar-refractivity contribution in [2.24, 2.45) is 7.05 Å². The summed E-state index contributed by atoms with van der Waals surface area (Å²) < 4.78 is 1.73. The molecule has 0 amide bonds. The smallest absolute Gasteiger partial charge is 0.107 e. The molecule has 0 aliphatic heterocycles. The van der Waals surface area contributed by atoms with E-state index in [-0.39, 0.29) is 0 Å².